The van der Waals surface area contributed by atoms with Gasteiger partial charge in [0.1, 0.15) is 12.4 Å². The molecule has 22 heavy (non-hydrogen) atoms. The van der Waals surface area contributed by atoms with Gasteiger partial charge in [-0.3, -0.25) is 0 Å². The maximum atomic E-state index is 6.05. The van der Waals surface area contributed by atoms with Crippen molar-refractivity contribution in [1.82, 2.24) is 0 Å². The van der Waals surface area contributed by atoms with Crippen molar-refractivity contribution < 1.29 is 4.74 Å². The van der Waals surface area contributed by atoms with E-state index in [1.165, 1.54) is 20.3 Å². The first kappa shape index (κ1) is 15.1. The molecule has 1 nitrogen and oxygen atoms in total. The van der Waals surface area contributed by atoms with Crippen LogP contribution in [0.3, 0.4) is 0 Å². The fourth-order valence-corrected chi connectivity index (χ4v) is 3.28. The van der Waals surface area contributed by atoms with Gasteiger partial charge in [0.05, 0.1) is 0 Å². The van der Waals surface area contributed by atoms with Crippen LogP contribution < -0.4 is 4.74 Å². The van der Waals surface area contributed by atoms with Crippen molar-refractivity contribution in [2.75, 3.05) is 0 Å². The summed E-state index contributed by atoms with van der Waals surface area (Å²) in [7, 11) is 0. The molecule has 0 aliphatic carbocycles. The minimum Gasteiger partial charge on any atom is -0.488 e. The summed E-state index contributed by atoms with van der Waals surface area (Å²) in [6.45, 7) is 2.71. The van der Waals surface area contributed by atoms with E-state index >= 15 is 0 Å². The number of hydrogen-bond acceptors (Lipinski definition) is 1. The monoisotopic (exact) mass is 400 g/mol. The number of ether oxygens (including phenoxy) is 1. The summed E-state index contributed by atoms with van der Waals surface area (Å²) in [6, 6.07) is 25.1. The van der Waals surface area contributed by atoms with E-state index in [2.05, 4.69) is 72.0 Å². The van der Waals surface area contributed by atoms with Crippen LogP contribution in [0.25, 0.3) is 11.1 Å². The molecule has 3 rings (SSSR count). The second-order valence-electron chi connectivity index (χ2n) is 5.29. The van der Waals surface area contributed by atoms with E-state index in [1.807, 2.05) is 30.3 Å². The third-order valence-electron chi connectivity index (χ3n) is 3.48. The normalized spacial score (nSPS) is 10.5. The molecule has 2 heteroatoms. The Morgan fingerprint density at radius 3 is 2.36 bits per heavy atom. The minimum absolute atomic E-state index is 0.584. The van der Waals surface area contributed by atoms with Crippen LogP contribution in [0.15, 0.2) is 72.8 Å². The summed E-state index contributed by atoms with van der Waals surface area (Å²) in [5, 5.41) is 0. The average molecular weight is 400 g/mol. The second-order valence-corrected chi connectivity index (χ2v) is 6.53. The number of para-hydroxylation sites is 1. The molecule has 0 N–H and O–H groups in total. The maximum Gasteiger partial charge on any atom is 0.127 e. The fourth-order valence-electron chi connectivity index (χ4n) is 2.46. The molecular formula is C20H17IO. The lowest BCUT2D eigenvalue weighted by molar-refractivity contribution is 0.307. The van der Waals surface area contributed by atoms with Crippen LogP contribution in [0.1, 0.15) is 11.1 Å². The third-order valence-corrected chi connectivity index (χ3v) is 4.10. The molecule has 0 spiro atoms. The van der Waals surface area contributed by atoms with Crippen molar-refractivity contribution in [2.45, 2.75) is 13.5 Å². The molecule has 0 saturated heterocycles. The van der Waals surface area contributed by atoms with E-state index in [1.54, 1.807) is 0 Å². The van der Waals surface area contributed by atoms with Crippen molar-refractivity contribution in [2.24, 2.45) is 0 Å². The Labute approximate surface area is 145 Å². The Balaban J connectivity index is 1.89. The SMILES string of the molecule is Cc1cc(I)cc(-c2ccccc2OCc2ccccc2)c1. The Hall–Kier alpha value is -1.81. The summed E-state index contributed by atoms with van der Waals surface area (Å²) in [4.78, 5) is 0. The third kappa shape index (κ3) is 3.69. The van der Waals surface area contributed by atoms with Crippen molar-refractivity contribution in [3.8, 4) is 16.9 Å². The molecule has 0 amide bonds. The number of benzene rings is 3. The maximum absolute atomic E-state index is 6.05. The highest BCUT2D eigenvalue weighted by molar-refractivity contribution is 14.1. The highest BCUT2D eigenvalue weighted by atomic mass is 127. The van der Waals surface area contributed by atoms with Crippen molar-refractivity contribution in [3.05, 3.63) is 87.5 Å². The molecule has 0 heterocycles. The van der Waals surface area contributed by atoms with Crippen molar-refractivity contribution in [3.63, 3.8) is 0 Å². The molecule has 0 aliphatic rings. The van der Waals surface area contributed by atoms with Crippen LogP contribution in [-0.4, -0.2) is 0 Å². The van der Waals surface area contributed by atoms with Crippen molar-refractivity contribution >= 4 is 22.6 Å². The minimum atomic E-state index is 0.584. The Bertz CT molecular complexity index is 745. The predicted octanol–water partition coefficient (Wildman–Crippen LogP) is 5.85. The summed E-state index contributed by atoms with van der Waals surface area (Å²) in [6.07, 6.45) is 0. The largest absolute Gasteiger partial charge is 0.488 e. The summed E-state index contributed by atoms with van der Waals surface area (Å²) >= 11 is 2.36. The Kier molecular flexibility index (Phi) is 4.78. The van der Waals surface area contributed by atoms with E-state index in [-0.39, 0.29) is 0 Å². The van der Waals surface area contributed by atoms with Gasteiger partial charge in [0.2, 0.25) is 0 Å². The lowest BCUT2D eigenvalue weighted by atomic mass is 10.0. The molecule has 0 aliphatic heterocycles. The van der Waals surface area contributed by atoms with Gasteiger partial charge < -0.3 is 4.74 Å². The van der Waals surface area contributed by atoms with E-state index in [0.29, 0.717) is 6.61 Å². The molecular weight excluding hydrogens is 383 g/mol. The summed E-state index contributed by atoms with van der Waals surface area (Å²) in [5.41, 5.74) is 4.78. The average Bonchev–Trinajstić information content (AvgIpc) is 2.53. The van der Waals surface area contributed by atoms with E-state index in [4.69, 9.17) is 4.74 Å². The van der Waals surface area contributed by atoms with Crippen LogP contribution in [0.4, 0.5) is 0 Å². The molecule has 3 aromatic carbocycles. The van der Waals surface area contributed by atoms with Gasteiger partial charge in [-0.1, -0.05) is 54.6 Å². The first-order valence-corrected chi connectivity index (χ1v) is 8.33. The van der Waals surface area contributed by atoms with Gasteiger partial charge in [-0.05, 0) is 64.4 Å². The first-order valence-electron chi connectivity index (χ1n) is 7.26. The van der Waals surface area contributed by atoms with Crippen LogP contribution in [0, 0.1) is 10.5 Å². The molecule has 110 valence electrons. The highest BCUT2D eigenvalue weighted by Crippen LogP contribution is 2.32. The zero-order valence-corrected chi connectivity index (χ0v) is 14.6. The van der Waals surface area contributed by atoms with Gasteiger partial charge in [-0.2, -0.15) is 0 Å². The second kappa shape index (κ2) is 6.97. The standard InChI is InChI=1S/C20H17IO/c1-15-11-17(13-18(21)12-15)19-9-5-6-10-20(19)22-14-16-7-3-2-4-8-16/h2-13H,14H2,1H3. The molecule has 0 saturated carbocycles. The number of rotatable bonds is 4. The zero-order valence-electron chi connectivity index (χ0n) is 12.4. The van der Waals surface area contributed by atoms with Crippen LogP contribution >= 0.6 is 22.6 Å². The van der Waals surface area contributed by atoms with Gasteiger partial charge >= 0.3 is 0 Å². The van der Waals surface area contributed by atoms with Gasteiger partial charge in [0.25, 0.3) is 0 Å². The molecule has 0 radical (unpaired) electrons. The summed E-state index contributed by atoms with van der Waals surface area (Å²) < 4.78 is 7.30. The van der Waals surface area contributed by atoms with Gasteiger partial charge in [-0.15, -0.1) is 0 Å². The predicted molar refractivity (Wildman–Crippen MR) is 100 cm³/mol. The van der Waals surface area contributed by atoms with Gasteiger partial charge in [-0.25, -0.2) is 0 Å². The van der Waals surface area contributed by atoms with Crippen LogP contribution in [-0.2, 0) is 6.61 Å². The number of halogens is 1. The van der Waals surface area contributed by atoms with E-state index < -0.39 is 0 Å². The lowest BCUT2D eigenvalue weighted by Gasteiger charge is -2.12. The highest BCUT2D eigenvalue weighted by Gasteiger charge is 2.07. The Morgan fingerprint density at radius 2 is 1.59 bits per heavy atom. The Morgan fingerprint density at radius 1 is 0.864 bits per heavy atom. The van der Waals surface area contributed by atoms with E-state index in [9.17, 15) is 0 Å². The smallest absolute Gasteiger partial charge is 0.127 e. The molecule has 0 atom stereocenters. The zero-order chi connectivity index (χ0) is 15.4. The van der Waals surface area contributed by atoms with Gasteiger partial charge in [0, 0.05) is 9.13 Å². The number of aryl methyl sites for hydroxylation is 1. The van der Waals surface area contributed by atoms with E-state index in [0.717, 1.165) is 11.3 Å². The van der Waals surface area contributed by atoms with Crippen LogP contribution in [0.5, 0.6) is 5.75 Å². The molecule has 0 bridgehead atoms. The first-order chi connectivity index (χ1) is 10.7. The quantitative estimate of drug-likeness (QED) is 0.500. The van der Waals surface area contributed by atoms with Crippen molar-refractivity contribution in [1.29, 1.82) is 0 Å². The van der Waals surface area contributed by atoms with Gasteiger partial charge in [0.15, 0.2) is 0 Å². The van der Waals surface area contributed by atoms with Crippen LogP contribution in [0.2, 0.25) is 0 Å². The number of hydrogen-bond donors (Lipinski definition) is 0. The molecule has 0 unspecified atom stereocenters. The molecule has 0 fully saturated rings. The molecule has 0 aromatic heterocycles. The lowest BCUT2D eigenvalue weighted by Crippen LogP contribution is -1.97. The summed E-state index contributed by atoms with van der Waals surface area (Å²) in [5.74, 6) is 0.924. The fraction of sp³-hybridized carbons (Fsp3) is 0.100. The molecule has 3 aromatic rings. The topological polar surface area (TPSA) is 9.23 Å².